The van der Waals surface area contributed by atoms with Crippen LogP contribution in [0.3, 0.4) is 0 Å². The molecule has 1 aromatic carbocycles. The Bertz CT molecular complexity index is 1130. The molecular formula is C21H20F3N5O2S. The lowest BCUT2D eigenvalue weighted by atomic mass is 10.1. The zero-order chi connectivity index (χ0) is 22.9. The van der Waals surface area contributed by atoms with Crippen LogP contribution in [0.2, 0.25) is 0 Å². The molecule has 32 heavy (non-hydrogen) atoms. The molecule has 0 radical (unpaired) electrons. The number of aryl methyl sites for hydroxylation is 1. The Hall–Kier alpha value is -3.05. The fourth-order valence-electron chi connectivity index (χ4n) is 3.51. The predicted octanol–water partition coefficient (Wildman–Crippen LogP) is 4.13. The highest BCUT2D eigenvalue weighted by molar-refractivity contribution is 7.17. The molecule has 0 aliphatic carbocycles. The Morgan fingerprint density at radius 3 is 2.84 bits per heavy atom. The van der Waals surface area contributed by atoms with E-state index in [1.165, 1.54) is 11.3 Å². The van der Waals surface area contributed by atoms with Crippen molar-refractivity contribution in [3.8, 4) is 10.4 Å². The second-order valence-electron chi connectivity index (χ2n) is 7.59. The highest BCUT2D eigenvalue weighted by Gasteiger charge is 2.33. The second kappa shape index (κ2) is 8.83. The Morgan fingerprint density at radius 1 is 1.31 bits per heavy atom. The molecule has 0 spiro atoms. The molecule has 11 heteroatoms. The Labute approximate surface area is 186 Å². The number of anilines is 2. The molecule has 2 N–H and O–H groups in total. The van der Waals surface area contributed by atoms with Gasteiger partial charge in [0.15, 0.2) is 5.01 Å². The zero-order valence-corrected chi connectivity index (χ0v) is 17.9. The van der Waals surface area contributed by atoms with Crippen molar-refractivity contribution in [1.82, 2.24) is 19.9 Å². The summed E-state index contributed by atoms with van der Waals surface area (Å²) in [4.78, 5) is 26.8. The number of nitrogens with one attached hydrogen (secondary N) is 1. The molecule has 0 saturated carbocycles. The maximum atomic E-state index is 12.9. The van der Waals surface area contributed by atoms with Crippen molar-refractivity contribution in [3.63, 3.8) is 0 Å². The predicted molar refractivity (Wildman–Crippen MR) is 114 cm³/mol. The van der Waals surface area contributed by atoms with E-state index in [0.29, 0.717) is 23.8 Å². The number of alkyl halides is 3. The van der Waals surface area contributed by atoms with Crippen molar-refractivity contribution >= 4 is 28.9 Å². The minimum Gasteiger partial charge on any atom is -0.396 e. The Kier molecular flexibility index (Phi) is 6.11. The fraction of sp³-hybridized carbons (Fsp3) is 0.333. The SMILES string of the molecule is Cc1cc(Nc2nccc(C(F)(F)F)n2)cc(-c2cnc(C(=O)N3CC[C@H](CO)C3)s2)c1. The zero-order valence-electron chi connectivity index (χ0n) is 17.1. The molecule has 1 fully saturated rings. The number of rotatable bonds is 5. The number of aliphatic hydroxyl groups excluding tert-OH is 1. The molecule has 1 aliphatic rings. The number of benzene rings is 1. The summed E-state index contributed by atoms with van der Waals surface area (Å²) < 4.78 is 38.7. The van der Waals surface area contributed by atoms with E-state index in [2.05, 4.69) is 20.3 Å². The molecule has 4 rings (SSSR count). The summed E-state index contributed by atoms with van der Waals surface area (Å²) in [6, 6.07) is 6.22. The van der Waals surface area contributed by atoms with Crippen LogP contribution in [0.25, 0.3) is 10.4 Å². The van der Waals surface area contributed by atoms with Crippen LogP contribution in [0.5, 0.6) is 0 Å². The molecule has 7 nitrogen and oxygen atoms in total. The first-order valence-electron chi connectivity index (χ1n) is 9.88. The van der Waals surface area contributed by atoms with Gasteiger partial charge in [-0.05, 0) is 42.7 Å². The van der Waals surface area contributed by atoms with E-state index in [1.807, 2.05) is 13.0 Å². The number of nitrogens with zero attached hydrogens (tertiary/aromatic N) is 4. The van der Waals surface area contributed by atoms with Gasteiger partial charge >= 0.3 is 6.18 Å². The minimum atomic E-state index is -4.56. The first kappa shape index (κ1) is 22.2. The van der Waals surface area contributed by atoms with Crippen LogP contribution < -0.4 is 5.32 Å². The molecule has 3 aromatic rings. The number of aromatic nitrogens is 3. The number of hydrogen-bond acceptors (Lipinski definition) is 7. The third kappa shape index (κ3) is 4.89. The third-order valence-corrected chi connectivity index (χ3v) is 6.12. The quantitative estimate of drug-likeness (QED) is 0.592. The van der Waals surface area contributed by atoms with Crippen LogP contribution in [0.1, 0.15) is 27.5 Å². The van der Waals surface area contributed by atoms with Gasteiger partial charge in [-0.25, -0.2) is 15.0 Å². The van der Waals surface area contributed by atoms with E-state index in [4.69, 9.17) is 0 Å². The van der Waals surface area contributed by atoms with Crippen LogP contribution in [0.4, 0.5) is 24.8 Å². The number of carbonyl (C=O) groups excluding carboxylic acids is 1. The first-order chi connectivity index (χ1) is 15.2. The summed E-state index contributed by atoms with van der Waals surface area (Å²) >= 11 is 1.25. The Balaban J connectivity index is 1.54. The molecule has 168 valence electrons. The third-order valence-electron chi connectivity index (χ3n) is 5.08. The van der Waals surface area contributed by atoms with E-state index in [0.717, 1.165) is 34.7 Å². The molecule has 1 saturated heterocycles. The van der Waals surface area contributed by atoms with Gasteiger partial charge in [0, 0.05) is 43.7 Å². The van der Waals surface area contributed by atoms with Gasteiger partial charge in [0.1, 0.15) is 5.69 Å². The molecule has 0 bridgehead atoms. The van der Waals surface area contributed by atoms with E-state index in [1.54, 1.807) is 23.2 Å². The van der Waals surface area contributed by atoms with Crippen molar-refractivity contribution in [1.29, 1.82) is 0 Å². The summed E-state index contributed by atoms with van der Waals surface area (Å²) in [5, 5.41) is 12.5. The number of likely N-dealkylation sites (tertiary alicyclic amines) is 1. The topological polar surface area (TPSA) is 91.2 Å². The molecule has 1 amide bonds. The monoisotopic (exact) mass is 463 g/mol. The van der Waals surface area contributed by atoms with Crippen molar-refractivity contribution in [3.05, 3.63) is 52.9 Å². The lowest BCUT2D eigenvalue weighted by Crippen LogP contribution is -2.28. The smallest absolute Gasteiger partial charge is 0.396 e. The van der Waals surface area contributed by atoms with Crippen molar-refractivity contribution in [2.24, 2.45) is 5.92 Å². The number of aliphatic hydroxyl groups is 1. The molecule has 3 heterocycles. The van der Waals surface area contributed by atoms with Gasteiger partial charge in [0.2, 0.25) is 5.95 Å². The number of amides is 1. The summed E-state index contributed by atoms with van der Waals surface area (Å²) in [5.74, 6) is -0.230. The minimum absolute atomic E-state index is 0.0571. The van der Waals surface area contributed by atoms with Crippen molar-refractivity contribution < 1.29 is 23.1 Å². The fourth-order valence-corrected chi connectivity index (χ4v) is 4.38. The number of hydrogen-bond donors (Lipinski definition) is 2. The van der Waals surface area contributed by atoms with Crippen LogP contribution in [0, 0.1) is 12.8 Å². The van der Waals surface area contributed by atoms with Crippen LogP contribution in [0.15, 0.2) is 36.7 Å². The van der Waals surface area contributed by atoms with Crippen LogP contribution >= 0.6 is 11.3 Å². The molecule has 2 aromatic heterocycles. The van der Waals surface area contributed by atoms with Crippen molar-refractivity contribution in [2.75, 3.05) is 25.0 Å². The van der Waals surface area contributed by atoms with E-state index in [-0.39, 0.29) is 24.4 Å². The first-order valence-corrected chi connectivity index (χ1v) is 10.7. The number of thiazole rings is 1. The number of halogens is 3. The van der Waals surface area contributed by atoms with Crippen LogP contribution in [-0.2, 0) is 6.18 Å². The van der Waals surface area contributed by atoms with Crippen LogP contribution in [-0.4, -0.2) is 50.6 Å². The normalized spacial score (nSPS) is 16.4. The van der Waals surface area contributed by atoms with Crippen molar-refractivity contribution in [2.45, 2.75) is 19.5 Å². The van der Waals surface area contributed by atoms with Gasteiger partial charge in [-0.15, -0.1) is 11.3 Å². The van der Waals surface area contributed by atoms with E-state index < -0.39 is 11.9 Å². The summed E-state index contributed by atoms with van der Waals surface area (Å²) in [5.41, 5.74) is 1.12. The summed E-state index contributed by atoms with van der Waals surface area (Å²) in [6.45, 7) is 3.02. The highest BCUT2D eigenvalue weighted by Crippen LogP contribution is 2.32. The number of carbonyl (C=O) groups is 1. The molecule has 0 unspecified atom stereocenters. The second-order valence-corrected chi connectivity index (χ2v) is 8.62. The average Bonchev–Trinajstić information content (AvgIpc) is 3.42. The van der Waals surface area contributed by atoms with Gasteiger partial charge in [0.05, 0.1) is 4.88 Å². The Morgan fingerprint density at radius 2 is 2.12 bits per heavy atom. The molecule has 1 atom stereocenters. The summed E-state index contributed by atoms with van der Waals surface area (Å²) in [6.07, 6.45) is -1.13. The standard InChI is InChI=1S/C21H20F3N5O2S/c1-12-6-14(8-15(7-12)27-20-25-4-2-17(28-20)21(22,23)24)16-9-26-18(32-16)19(31)29-5-3-13(10-29)11-30/h2,4,6-9,13,30H,3,5,10-11H2,1H3,(H,25,27,28)/t13-/m0/s1. The summed E-state index contributed by atoms with van der Waals surface area (Å²) in [7, 11) is 0. The maximum Gasteiger partial charge on any atom is 0.433 e. The molecule has 1 aliphatic heterocycles. The molecular weight excluding hydrogens is 443 g/mol. The van der Waals surface area contributed by atoms with Gasteiger partial charge in [0.25, 0.3) is 5.91 Å². The van der Waals surface area contributed by atoms with Gasteiger partial charge < -0.3 is 15.3 Å². The average molecular weight is 463 g/mol. The van der Waals surface area contributed by atoms with Gasteiger partial charge in [-0.2, -0.15) is 13.2 Å². The van der Waals surface area contributed by atoms with E-state index >= 15 is 0 Å². The van der Waals surface area contributed by atoms with Gasteiger partial charge in [-0.3, -0.25) is 4.79 Å². The lowest BCUT2D eigenvalue weighted by Gasteiger charge is -2.14. The largest absolute Gasteiger partial charge is 0.433 e. The van der Waals surface area contributed by atoms with E-state index in [9.17, 15) is 23.1 Å². The van der Waals surface area contributed by atoms with Gasteiger partial charge in [-0.1, -0.05) is 6.07 Å². The highest BCUT2D eigenvalue weighted by atomic mass is 32.1. The maximum absolute atomic E-state index is 12.9. The lowest BCUT2D eigenvalue weighted by molar-refractivity contribution is -0.141.